The summed E-state index contributed by atoms with van der Waals surface area (Å²) in [5.41, 5.74) is 2.87. The first-order valence-corrected chi connectivity index (χ1v) is 14.9. The zero-order valence-corrected chi connectivity index (χ0v) is 27.3. The van der Waals surface area contributed by atoms with Gasteiger partial charge in [0.2, 0.25) is 5.91 Å². The fourth-order valence-corrected chi connectivity index (χ4v) is 6.24. The van der Waals surface area contributed by atoms with E-state index in [1.807, 2.05) is 13.0 Å². The van der Waals surface area contributed by atoms with Crippen LogP contribution < -0.4 is 10.2 Å². The van der Waals surface area contributed by atoms with E-state index in [9.17, 15) is 14.4 Å². The number of aryl methyl sites for hydroxylation is 1. The zero-order chi connectivity index (χ0) is 31.1. The lowest BCUT2D eigenvalue weighted by Crippen LogP contribution is -2.34. The number of amides is 2. The van der Waals surface area contributed by atoms with Gasteiger partial charge < -0.3 is 10.1 Å². The van der Waals surface area contributed by atoms with Crippen molar-refractivity contribution in [2.45, 2.75) is 50.0 Å². The van der Waals surface area contributed by atoms with Crippen LogP contribution in [0.2, 0.25) is 15.1 Å². The number of anilines is 2. The Bertz CT molecular complexity index is 1550. The molecule has 0 aromatic heterocycles. The van der Waals surface area contributed by atoms with Gasteiger partial charge in [0, 0.05) is 46.4 Å². The second-order valence-corrected chi connectivity index (χ2v) is 14.0. The third kappa shape index (κ3) is 7.35. The minimum absolute atomic E-state index is 0.0616. The topological polar surface area (TPSA) is 75.7 Å². The number of ketones is 1. The quantitative estimate of drug-likeness (QED) is 0.201. The lowest BCUT2D eigenvalue weighted by Gasteiger charge is -2.25. The second-order valence-electron chi connectivity index (χ2n) is 11.3. The molecule has 3 aromatic carbocycles. The van der Waals surface area contributed by atoms with Gasteiger partial charge in [-0.25, -0.2) is 4.79 Å². The molecule has 0 saturated heterocycles. The minimum atomic E-state index is -1.34. The summed E-state index contributed by atoms with van der Waals surface area (Å²) >= 11 is 31.6. The van der Waals surface area contributed by atoms with Gasteiger partial charge in [0.1, 0.15) is 9.93 Å². The highest BCUT2D eigenvalue weighted by Gasteiger charge is 2.67. The summed E-state index contributed by atoms with van der Waals surface area (Å²) in [6, 6.07) is 15.0. The average molecular weight is 671 g/mol. The maximum Gasteiger partial charge on any atom is 0.414 e. The Kier molecular flexibility index (Phi) is 9.46. The molecule has 0 aliphatic heterocycles. The molecule has 0 radical (unpaired) electrons. The maximum atomic E-state index is 13.3. The molecule has 1 fully saturated rings. The molecular formula is C31H29Cl5N2O4. The molecular weight excluding hydrogens is 642 g/mol. The predicted molar refractivity (Wildman–Crippen MR) is 171 cm³/mol. The van der Waals surface area contributed by atoms with E-state index < -0.39 is 33.8 Å². The van der Waals surface area contributed by atoms with Crippen LogP contribution in [0.3, 0.4) is 0 Å². The van der Waals surface area contributed by atoms with Crippen LogP contribution in [-0.2, 0) is 16.0 Å². The number of alkyl halides is 2. The fourth-order valence-electron chi connectivity index (χ4n) is 4.65. The summed E-state index contributed by atoms with van der Waals surface area (Å²) in [6.07, 6.45) is -0.419. The van der Waals surface area contributed by atoms with Gasteiger partial charge in [0.05, 0.1) is 10.9 Å². The number of hydrogen-bond donors (Lipinski definition) is 1. The summed E-state index contributed by atoms with van der Waals surface area (Å²) in [4.78, 5) is 40.3. The van der Waals surface area contributed by atoms with Gasteiger partial charge in [-0.1, -0.05) is 40.9 Å². The van der Waals surface area contributed by atoms with Crippen molar-refractivity contribution >= 4 is 87.2 Å². The summed E-state index contributed by atoms with van der Waals surface area (Å²) in [5, 5.41) is 3.87. The highest BCUT2D eigenvalue weighted by atomic mass is 35.5. The van der Waals surface area contributed by atoms with Crippen molar-refractivity contribution in [2.24, 2.45) is 5.92 Å². The number of hydrogen-bond acceptors (Lipinski definition) is 4. The number of Topliss-reactive ketones (excluding diaryl/α,β-unsaturated/α-hetero) is 1. The molecule has 11 heteroatoms. The normalized spacial score (nSPS) is 17.4. The maximum absolute atomic E-state index is 13.3. The third-order valence-corrected chi connectivity index (χ3v) is 8.55. The SMILES string of the molecule is Cc1cc(N(C)C(=O)OC(C)(C)C)ccc1CC(=O)c1cc(NC(=O)C2C(c3cc(Cl)cc(Cl)c3)C2(Cl)Cl)ccc1Cl. The van der Waals surface area contributed by atoms with Crippen LogP contribution in [0.4, 0.5) is 16.2 Å². The third-order valence-electron chi connectivity index (χ3n) is 6.85. The molecule has 2 amide bonds. The zero-order valence-electron chi connectivity index (χ0n) is 23.5. The van der Waals surface area contributed by atoms with Crippen molar-refractivity contribution in [2.75, 3.05) is 17.3 Å². The highest BCUT2D eigenvalue weighted by molar-refractivity contribution is 6.53. The monoisotopic (exact) mass is 668 g/mol. The van der Waals surface area contributed by atoms with Crippen molar-refractivity contribution in [3.8, 4) is 0 Å². The Morgan fingerprint density at radius 2 is 1.60 bits per heavy atom. The molecule has 0 spiro atoms. The van der Waals surface area contributed by atoms with Crippen molar-refractivity contribution in [3.63, 3.8) is 0 Å². The van der Waals surface area contributed by atoms with E-state index in [0.29, 0.717) is 27.0 Å². The molecule has 1 aliphatic carbocycles. The van der Waals surface area contributed by atoms with E-state index in [1.54, 1.807) is 70.3 Å². The number of benzene rings is 3. The number of ether oxygens (including phenoxy) is 1. The van der Waals surface area contributed by atoms with E-state index in [1.165, 1.54) is 11.0 Å². The first-order chi connectivity index (χ1) is 19.5. The van der Waals surface area contributed by atoms with Crippen LogP contribution in [-0.4, -0.2) is 34.8 Å². The van der Waals surface area contributed by atoms with Crippen LogP contribution in [0.25, 0.3) is 0 Å². The number of carbonyl (C=O) groups excluding carboxylic acids is 3. The van der Waals surface area contributed by atoms with Crippen molar-refractivity contribution < 1.29 is 19.1 Å². The highest BCUT2D eigenvalue weighted by Crippen LogP contribution is 2.65. The summed E-state index contributed by atoms with van der Waals surface area (Å²) in [6.45, 7) is 7.26. The molecule has 6 nitrogen and oxygen atoms in total. The van der Waals surface area contributed by atoms with Crippen LogP contribution >= 0.6 is 58.0 Å². The van der Waals surface area contributed by atoms with Gasteiger partial charge in [-0.2, -0.15) is 0 Å². The van der Waals surface area contributed by atoms with E-state index in [0.717, 1.165) is 11.1 Å². The first kappa shape index (κ1) is 32.4. The van der Waals surface area contributed by atoms with Crippen molar-refractivity contribution in [1.82, 2.24) is 0 Å². The molecule has 4 rings (SSSR count). The lowest BCUT2D eigenvalue weighted by atomic mass is 9.98. The molecule has 0 bridgehead atoms. The molecule has 1 aliphatic rings. The number of carbonyl (C=O) groups is 3. The second kappa shape index (κ2) is 12.3. The van der Waals surface area contributed by atoms with E-state index in [-0.39, 0.29) is 22.8 Å². The molecule has 2 unspecified atom stereocenters. The van der Waals surface area contributed by atoms with E-state index >= 15 is 0 Å². The molecule has 42 heavy (non-hydrogen) atoms. The molecule has 3 aromatic rings. The Hall–Kier alpha value is -2.48. The largest absolute Gasteiger partial charge is 0.443 e. The van der Waals surface area contributed by atoms with Crippen LogP contribution in [0.5, 0.6) is 0 Å². The average Bonchev–Trinajstić information content (AvgIpc) is 3.46. The fraction of sp³-hybridized carbons (Fsp3) is 0.323. The van der Waals surface area contributed by atoms with Gasteiger partial charge in [-0.05, 0) is 92.9 Å². The lowest BCUT2D eigenvalue weighted by molar-refractivity contribution is -0.117. The molecule has 222 valence electrons. The Labute approximate surface area is 270 Å². The van der Waals surface area contributed by atoms with Crippen LogP contribution in [0.15, 0.2) is 54.6 Å². The van der Waals surface area contributed by atoms with E-state index in [2.05, 4.69) is 5.32 Å². The van der Waals surface area contributed by atoms with Gasteiger partial charge in [-0.3, -0.25) is 14.5 Å². The Balaban J connectivity index is 1.46. The first-order valence-electron chi connectivity index (χ1n) is 13.0. The summed E-state index contributed by atoms with van der Waals surface area (Å²) < 4.78 is 4.09. The predicted octanol–water partition coefficient (Wildman–Crippen LogP) is 9.28. The smallest absolute Gasteiger partial charge is 0.414 e. The van der Waals surface area contributed by atoms with Gasteiger partial charge in [-0.15, -0.1) is 23.2 Å². The number of halogens is 5. The summed E-state index contributed by atoms with van der Waals surface area (Å²) in [5.74, 6) is -1.92. The molecule has 2 atom stereocenters. The number of nitrogens with zero attached hydrogens (tertiary/aromatic N) is 1. The molecule has 1 saturated carbocycles. The molecule has 1 N–H and O–H groups in total. The van der Waals surface area contributed by atoms with Gasteiger partial charge in [0.25, 0.3) is 0 Å². The van der Waals surface area contributed by atoms with Crippen LogP contribution in [0.1, 0.15) is 53.7 Å². The Morgan fingerprint density at radius 3 is 2.19 bits per heavy atom. The summed E-state index contributed by atoms with van der Waals surface area (Å²) in [7, 11) is 1.62. The van der Waals surface area contributed by atoms with E-state index in [4.69, 9.17) is 62.7 Å². The minimum Gasteiger partial charge on any atom is -0.443 e. The number of nitrogens with one attached hydrogen (secondary N) is 1. The van der Waals surface area contributed by atoms with Crippen molar-refractivity contribution in [1.29, 1.82) is 0 Å². The van der Waals surface area contributed by atoms with Gasteiger partial charge in [0.15, 0.2) is 5.78 Å². The van der Waals surface area contributed by atoms with Crippen LogP contribution in [0, 0.1) is 12.8 Å². The molecule has 0 heterocycles. The number of rotatable bonds is 7. The Morgan fingerprint density at radius 1 is 0.952 bits per heavy atom. The van der Waals surface area contributed by atoms with Gasteiger partial charge >= 0.3 is 6.09 Å². The van der Waals surface area contributed by atoms with Crippen molar-refractivity contribution in [3.05, 3.63) is 91.9 Å². The standard InChI is InChI=1S/C31H29Cl5N2O4/c1-16-10-22(38(5)29(41)42-30(2,3)4)8-6-17(16)13-25(39)23-15-21(7-9-24(23)34)37-28(40)27-26(31(27,35)36)18-11-19(32)14-20(33)12-18/h6-12,14-15,26-27H,13H2,1-5H3,(H,37,40).